The molecule has 6 heteroatoms. The molecule has 2 rings (SSSR count). The van der Waals surface area contributed by atoms with Crippen LogP contribution in [-0.2, 0) is 0 Å². The Hall–Kier alpha value is -1.27. The summed E-state index contributed by atoms with van der Waals surface area (Å²) < 4.78 is 0.175. The average molecular weight is 266 g/mol. The van der Waals surface area contributed by atoms with Crippen molar-refractivity contribution < 1.29 is 4.79 Å². The van der Waals surface area contributed by atoms with Crippen LogP contribution in [0.2, 0.25) is 0 Å². The summed E-state index contributed by atoms with van der Waals surface area (Å²) in [4.78, 5) is 16.0. The number of anilines is 1. The van der Waals surface area contributed by atoms with Crippen molar-refractivity contribution in [2.24, 2.45) is 5.84 Å². The van der Waals surface area contributed by atoms with Crippen LogP contribution < -0.4 is 16.6 Å². The molecular formula is C12H18N4OS. The number of pyridine rings is 1. The first-order valence-corrected chi connectivity index (χ1v) is 6.96. The van der Waals surface area contributed by atoms with E-state index in [2.05, 4.69) is 22.7 Å². The van der Waals surface area contributed by atoms with Crippen molar-refractivity contribution in [2.45, 2.75) is 24.5 Å². The average Bonchev–Trinajstić information content (AvgIpc) is 2.83. The third-order valence-corrected chi connectivity index (χ3v) is 4.62. The fourth-order valence-corrected chi connectivity index (χ4v) is 3.19. The molecule has 0 saturated carbocycles. The van der Waals surface area contributed by atoms with Gasteiger partial charge in [-0.15, -0.1) is 0 Å². The smallest absolute Gasteiger partial charge is 0.269 e. The van der Waals surface area contributed by atoms with E-state index >= 15 is 0 Å². The van der Waals surface area contributed by atoms with Crippen LogP contribution in [0.15, 0.2) is 18.3 Å². The number of thioether (sulfide) groups is 1. The predicted octanol–water partition coefficient (Wildman–Crippen LogP) is 1.38. The van der Waals surface area contributed by atoms with E-state index in [1.807, 2.05) is 11.8 Å². The Bertz CT molecular complexity index is 415. The van der Waals surface area contributed by atoms with E-state index in [0.29, 0.717) is 17.9 Å². The molecule has 1 aliphatic heterocycles. The molecular weight excluding hydrogens is 248 g/mol. The maximum atomic E-state index is 11.9. The number of nitrogens with two attached hydrogens (primary N) is 1. The molecule has 5 nitrogen and oxygen atoms in total. The molecule has 1 amide bonds. The highest BCUT2D eigenvalue weighted by molar-refractivity contribution is 8.00. The van der Waals surface area contributed by atoms with E-state index < -0.39 is 0 Å². The molecule has 4 N–H and O–H groups in total. The number of aromatic nitrogens is 1. The van der Waals surface area contributed by atoms with Crippen LogP contribution in [0.25, 0.3) is 0 Å². The summed E-state index contributed by atoms with van der Waals surface area (Å²) in [6.07, 6.45) is 3.93. The van der Waals surface area contributed by atoms with Gasteiger partial charge in [0, 0.05) is 11.3 Å². The second kappa shape index (κ2) is 5.58. The van der Waals surface area contributed by atoms with E-state index in [4.69, 9.17) is 5.84 Å². The summed E-state index contributed by atoms with van der Waals surface area (Å²) in [6, 6.07) is 3.39. The van der Waals surface area contributed by atoms with Gasteiger partial charge in [0.05, 0.1) is 11.9 Å². The van der Waals surface area contributed by atoms with Crippen LogP contribution in [0.1, 0.15) is 30.3 Å². The van der Waals surface area contributed by atoms with Crippen molar-refractivity contribution in [1.29, 1.82) is 0 Å². The molecule has 1 atom stereocenters. The van der Waals surface area contributed by atoms with Crippen molar-refractivity contribution in [3.63, 3.8) is 0 Å². The normalized spacial score (nSPS) is 22.8. The largest absolute Gasteiger partial charge is 0.349 e. The number of rotatable bonds is 4. The first-order valence-electron chi connectivity index (χ1n) is 5.98. The quantitative estimate of drug-likeness (QED) is 0.567. The van der Waals surface area contributed by atoms with Crippen molar-refractivity contribution in [3.8, 4) is 0 Å². The summed E-state index contributed by atoms with van der Waals surface area (Å²) in [5.41, 5.74) is 3.58. The van der Waals surface area contributed by atoms with Gasteiger partial charge in [-0.1, -0.05) is 0 Å². The summed E-state index contributed by atoms with van der Waals surface area (Å²) in [6.45, 7) is 2.88. The van der Waals surface area contributed by atoms with E-state index in [-0.39, 0.29) is 10.7 Å². The van der Waals surface area contributed by atoms with Crippen molar-refractivity contribution in [3.05, 3.63) is 24.0 Å². The molecule has 1 aromatic heterocycles. The molecule has 0 bridgehead atoms. The van der Waals surface area contributed by atoms with Crippen LogP contribution in [-0.4, -0.2) is 27.9 Å². The Kier molecular flexibility index (Phi) is 4.08. The van der Waals surface area contributed by atoms with Gasteiger partial charge in [-0.05, 0) is 37.7 Å². The highest BCUT2D eigenvalue weighted by Crippen LogP contribution is 2.36. The minimum absolute atomic E-state index is 0.132. The summed E-state index contributed by atoms with van der Waals surface area (Å²) in [5, 5.41) is 2.94. The zero-order valence-electron chi connectivity index (χ0n) is 10.4. The van der Waals surface area contributed by atoms with Gasteiger partial charge in [0.1, 0.15) is 5.69 Å². The highest BCUT2D eigenvalue weighted by atomic mass is 32.2. The number of nitrogen functional groups attached to an aromatic ring is 1. The molecule has 1 unspecified atom stereocenters. The lowest BCUT2D eigenvalue weighted by Gasteiger charge is -2.22. The lowest BCUT2D eigenvalue weighted by Crippen LogP contribution is -2.37. The number of hydrogen-bond donors (Lipinski definition) is 3. The van der Waals surface area contributed by atoms with E-state index in [1.54, 1.807) is 18.3 Å². The Labute approximate surface area is 111 Å². The van der Waals surface area contributed by atoms with Gasteiger partial charge < -0.3 is 10.7 Å². The van der Waals surface area contributed by atoms with Gasteiger partial charge in [0.25, 0.3) is 5.91 Å². The molecule has 0 aliphatic carbocycles. The van der Waals surface area contributed by atoms with Crippen LogP contribution in [0.4, 0.5) is 5.69 Å². The lowest BCUT2D eigenvalue weighted by molar-refractivity contribution is 0.0945. The van der Waals surface area contributed by atoms with Crippen LogP contribution in [0.5, 0.6) is 0 Å². The van der Waals surface area contributed by atoms with Crippen molar-refractivity contribution in [2.75, 3.05) is 17.7 Å². The van der Waals surface area contributed by atoms with Gasteiger partial charge in [-0.25, -0.2) is 4.98 Å². The summed E-state index contributed by atoms with van der Waals surface area (Å²) >= 11 is 1.93. The van der Waals surface area contributed by atoms with Crippen LogP contribution >= 0.6 is 11.8 Å². The minimum Gasteiger partial charge on any atom is -0.349 e. The SMILES string of the molecule is CC1(CNC(=O)c2ccc(NN)cn2)CCCS1. The second-order valence-corrected chi connectivity index (χ2v) is 6.34. The maximum Gasteiger partial charge on any atom is 0.269 e. The van der Waals surface area contributed by atoms with E-state index in [1.165, 1.54) is 12.2 Å². The molecule has 0 radical (unpaired) electrons. The first-order chi connectivity index (χ1) is 8.63. The number of carbonyl (C=O) groups is 1. The number of nitrogens with one attached hydrogen (secondary N) is 2. The Morgan fingerprint density at radius 1 is 1.61 bits per heavy atom. The lowest BCUT2D eigenvalue weighted by atomic mass is 10.1. The zero-order chi connectivity index (χ0) is 13.0. The van der Waals surface area contributed by atoms with Gasteiger partial charge in [0.15, 0.2) is 0 Å². The fourth-order valence-electron chi connectivity index (χ4n) is 1.95. The standard InChI is InChI=1S/C12H18N4OS/c1-12(5-2-6-18-12)8-15-11(17)10-4-3-9(16-13)7-14-10/h3-4,7,16H,2,5-6,8,13H2,1H3,(H,15,17). The molecule has 2 heterocycles. The molecule has 98 valence electrons. The third kappa shape index (κ3) is 3.14. The monoisotopic (exact) mass is 266 g/mol. The maximum absolute atomic E-state index is 11.9. The van der Waals surface area contributed by atoms with Gasteiger partial charge >= 0.3 is 0 Å². The highest BCUT2D eigenvalue weighted by Gasteiger charge is 2.29. The number of nitrogens with zero attached hydrogens (tertiary/aromatic N) is 1. The number of hydrazine groups is 1. The summed E-state index contributed by atoms with van der Waals surface area (Å²) in [5.74, 6) is 6.29. The predicted molar refractivity (Wildman–Crippen MR) is 74.5 cm³/mol. The molecule has 0 spiro atoms. The number of hydrogen-bond acceptors (Lipinski definition) is 5. The van der Waals surface area contributed by atoms with Gasteiger partial charge in [-0.2, -0.15) is 11.8 Å². The molecule has 1 saturated heterocycles. The third-order valence-electron chi connectivity index (χ3n) is 3.09. The summed E-state index contributed by atoms with van der Waals surface area (Å²) in [7, 11) is 0. The van der Waals surface area contributed by atoms with Gasteiger partial charge in [0.2, 0.25) is 0 Å². The van der Waals surface area contributed by atoms with E-state index in [0.717, 1.165) is 6.42 Å². The topological polar surface area (TPSA) is 80.0 Å². The Balaban J connectivity index is 1.90. The van der Waals surface area contributed by atoms with Crippen LogP contribution in [0.3, 0.4) is 0 Å². The van der Waals surface area contributed by atoms with Gasteiger partial charge in [-0.3, -0.25) is 10.6 Å². The van der Waals surface area contributed by atoms with Crippen molar-refractivity contribution >= 4 is 23.4 Å². The molecule has 18 heavy (non-hydrogen) atoms. The van der Waals surface area contributed by atoms with Crippen molar-refractivity contribution in [1.82, 2.24) is 10.3 Å². The number of carbonyl (C=O) groups excluding carboxylic acids is 1. The van der Waals surface area contributed by atoms with Crippen LogP contribution in [0, 0.1) is 0 Å². The molecule has 1 fully saturated rings. The fraction of sp³-hybridized carbons (Fsp3) is 0.500. The minimum atomic E-state index is -0.132. The number of amides is 1. The Morgan fingerprint density at radius 3 is 3.00 bits per heavy atom. The zero-order valence-corrected chi connectivity index (χ0v) is 11.2. The molecule has 1 aromatic rings. The first kappa shape index (κ1) is 13.2. The molecule has 1 aliphatic rings. The molecule has 0 aromatic carbocycles. The Morgan fingerprint density at radius 2 is 2.44 bits per heavy atom. The second-order valence-electron chi connectivity index (χ2n) is 4.66. The van der Waals surface area contributed by atoms with E-state index in [9.17, 15) is 4.79 Å².